The van der Waals surface area contributed by atoms with E-state index in [9.17, 15) is 10.1 Å². The third-order valence-corrected chi connectivity index (χ3v) is 5.12. The molecule has 0 heterocycles. The largest absolute Gasteiger partial charge is 0.465 e. The van der Waals surface area contributed by atoms with Crippen LogP contribution in [-0.4, -0.2) is 12.6 Å². The third-order valence-electron chi connectivity index (χ3n) is 5.12. The summed E-state index contributed by atoms with van der Waals surface area (Å²) in [7, 11) is 0. The van der Waals surface area contributed by atoms with Gasteiger partial charge < -0.3 is 4.74 Å². The number of nitriles is 1. The van der Waals surface area contributed by atoms with Gasteiger partial charge in [-0.25, -0.2) is 0 Å². The number of nitrogens with zero attached hydrogens (tertiary/aromatic N) is 1. The van der Waals surface area contributed by atoms with Gasteiger partial charge in [0.2, 0.25) is 0 Å². The Balaban J connectivity index is 2.29. The van der Waals surface area contributed by atoms with Crippen molar-refractivity contribution in [1.82, 2.24) is 0 Å². The van der Waals surface area contributed by atoms with Crippen LogP contribution in [0.2, 0.25) is 0 Å². The molecule has 28 heavy (non-hydrogen) atoms. The zero-order valence-corrected chi connectivity index (χ0v) is 16.6. The van der Waals surface area contributed by atoms with Crippen LogP contribution >= 0.6 is 0 Å². The van der Waals surface area contributed by atoms with Gasteiger partial charge in [-0.3, -0.25) is 4.79 Å². The van der Waals surface area contributed by atoms with E-state index in [1.54, 1.807) is 6.92 Å². The van der Waals surface area contributed by atoms with Crippen molar-refractivity contribution in [2.75, 3.05) is 6.61 Å². The van der Waals surface area contributed by atoms with Crippen molar-refractivity contribution in [3.8, 4) is 6.07 Å². The Kier molecular flexibility index (Phi) is 6.11. The maximum atomic E-state index is 12.7. The maximum absolute atomic E-state index is 12.7. The van der Waals surface area contributed by atoms with Gasteiger partial charge in [0.05, 0.1) is 12.7 Å². The van der Waals surface area contributed by atoms with Crippen molar-refractivity contribution in [2.24, 2.45) is 5.92 Å². The van der Waals surface area contributed by atoms with E-state index in [0.717, 1.165) is 27.5 Å². The molecule has 3 rings (SSSR count). The van der Waals surface area contributed by atoms with Gasteiger partial charge in [0, 0.05) is 5.92 Å². The Morgan fingerprint density at radius 1 is 0.929 bits per heavy atom. The number of ether oxygens (including phenoxy) is 1. The van der Waals surface area contributed by atoms with Crippen LogP contribution in [-0.2, 0) is 9.53 Å². The molecule has 0 N–H and O–H groups in total. The van der Waals surface area contributed by atoms with Crippen molar-refractivity contribution in [1.29, 1.82) is 5.26 Å². The first-order valence-corrected chi connectivity index (χ1v) is 9.71. The first-order valence-electron chi connectivity index (χ1n) is 9.71. The molecule has 3 nitrogen and oxygen atoms in total. The van der Waals surface area contributed by atoms with E-state index in [2.05, 4.69) is 44.2 Å². The summed E-state index contributed by atoms with van der Waals surface area (Å²) in [6, 6.07) is 24.5. The Morgan fingerprint density at radius 3 is 2.21 bits per heavy atom. The van der Waals surface area contributed by atoms with Gasteiger partial charge in [0.15, 0.2) is 5.92 Å². The van der Waals surface area contributed by atoms with E-state index >= 15 is 0 Å². The van der Waals surface area contributed by atoms with E-state index in [0.29, 0.717) is 0 Å². The summed E-state index contributed by atoms with van der Waals surface area (Å²) in [6.45, 7) is 6.28. The average Bonchev–Trinajstić information content (AvgIpc) is 2.71. The molecule has 0 radical (unpaired) electrons. The lowest BCUT2D eigenvalue weighted by atomic mass is 9.76. The summed E-state index contributed by atoms with van der Waals surface area (Å²) in [5.74, 6) is -1.50. The second-order valence-corrected chi connectivity index (χ2v) is 7.19. The van der Waals surface area contributed by atoms with E-state index in [1.165, 1.54) is 0 Å². The van der Waals surface area contributed by atoms with Gasteiger partial charge in [-0.1, -0.05) is 80.6 Å². The molecule has 0 bridgehead atoms. The number of hydrogen-bond acceptors (Lipinski definition) is 3. The standard InChI is InChI=1S/C25H25NO2/c1-4-28-25(27)23(16-26)24(21-14-8-7-12-19(21)17(2)3)22-15-9-11-18-10-5-6-13-20(18)22/h5-15,17,23-24H,4H2,1-3H3. The molecule has 0 spiro atoms. The van der Waals surface area contributed by atoms with E-state index < -0.39 is 17.8 Å². The molecule has 0 amide bonds. The summed E-state index contributed by atoms with van der Waals surface area (Å²) < 4.78 is 5.27. The highest BCUT2D eigenvalue weighted by molar-refractivity contribution is 5.88. The van der Waals surface area contributed by atoms with Crippen molar-refractivity contribution in [3.63, 3.8) is 0 Å². The summed E-state index contributed by atoms with van der Waals surface area (Å²) in [5.41, 5.74) is 3.13. The van der Waals surface area contributed by atoms with Gasteiger partial charge in [-0.2, -0.15) is 5.26 Å². The highest BCUT2D eigenvalue weighted by Crippen LogP contribution is 2.40. The van der Waals surface area contributed by atoms with Gasteiger partial charge >= 0.3 is 5.97 Å². The molecule has 0 aliphatic heterocycles. The Bertz CT molecular complexity index is 1010. The van der Waals surface area contributed by atoms with Crippen LogP contribution in [0.5, 0.6) is 0 Å². The highest BCUT2D eigenvalue weighted by Gasteiger charge is 2.34. The predicted octanol–water partition coefficient (Wildman–Crippen LogP) is 5.80. The van der Waals surface area contributed by atoms with Crippen molar-refractivity contribution < 1.29 is 9.53 Å². The number of hydrogen-bond donors (Lipinski definition) is 0. The van der Waals surface area contributed by atoms with Crippen LogP contribution in [0.1, 0.15) is 49.3 Å². The summed E-state index contributed by atoms with van der Waals surface area (Å²) in [5, 5.41) is 12.1. The fraction of sp³-hybridized carbons (Fsp3) is 0.280. The molecule has 0 fully saturated rings. The Hall–Kier alpha value is -3.12. The zero-order valence-electron chi connectivity index (χ0n) is 16.6. The second kappa shape index (κ2) is 8.71. The van der Waals surface area contributed by atoms with Crippen LogP contribution in [0.3, 0.4) is 0 Å². The van der Waals surface area contributed by atoms with Crippen LogP contribution in [0.15, 0.2) is 66.7 Å². The second-order valence-electron chi connectivity index (χ2n) is 7.19. The topological polar surface area (TPSA) is 50.1 Å². The monoisotopic (exact) mass is 371 g/mol. The summed E-state index contributed by atoms with van der Waals surface area (Å²) in [6.07, 6.45) is 0. The minimum atomic E-state index is -0.911. The fourth-order valence-electron chi connectivity index (χ4n) is 3.86. The highest BCUT2D eigenvalue weighted by atomic mass is 16.5. The number of fused-ring (bicyclic) bond motifs is 1. The number of benzene rings is 3. The fourth-order valence-corrected chi connectivity index (χ4v) is 3.86. The molecular formula is C25H25NO2. The Morgan fingerprint density at radius 2 is 1.54 bits per heavy atom. The number of carbonyl (C=O) groups excluding carboxylic acids is 1. The van der Waals surface area contributed by atoms with Crippen molar-refractivity contribution in [3.05, 3.63) is 83.4 Å². The lowest BCUT2D eigenvalue weighted by molar-refractivity contribution is -0.146. The minimum absolute atomic E-state index is 0.255. The molecular weight excluding hydrogens is 346 g/mol. The molecule has 0 aliphatic rings. The van der Waals surface area contributed by atoms with Crippen molar-refractivity contribution in [2.45, 2.75) is 32.6 Å². The number of esters is 1. The molecule has 3 aromatic rings. The molecule has 3 heteroatoms. The smallest absolute Gasteiger partial charge is 0.324 e. The van der Waals surface area contributed by atoms with E-state index in [4.69, 9.17) is 4.74 Å². The maximum Gasteiger partial charge on any atom is 0.324 e. The first kappa shape index (κ1) is 19.6. The normalized spacial score (nSPS) is 13.1. The molecule has 2 unspecified atom stereocenters. The Labute approximate surface area is 166 Å². The van der Waals surface area contributed by atoms with Crippen LogP contribution in [0.4, 0.5) is 0 Å². The van der Waals surface area contributed by atoms with E-state index in [1.807, 2.05) is 42.5 Å². The lowest BCUT2D eigenvalue weighted by Gasteiger charge is -2.26. The van der Waals surface area contributed by atoms with E-state index in [-0.39, 0.29) is 12.5 Å². The zero-order chi connectivity index (χ0) is 20.1. The average molecular weight is 371 g/mol. The summed E-state index contributed by atoms with van der Waals surface area (Å²) >= 11 is 0. The quantitative estimate of drug-likeness (QED) is 0.515. The first-order chi connectivity index (χ1) is 13.6. The predicted molar refractivity (Wildman–Crippen MR) is 112 cm³/mol. The number of carbonyl (C=O) groups is 1. The lowest BCUT2D eigenvalue weighted by Crippen LogP contribution is -2.25. The van der Waals surface area contributed by atoms with Gasteiger partial charge in [0.25, 0.3) is 0 Å². The molecule has 0 saturated heterocycles. The van der Waals surface area contributed by atoms with Gasteiger partial charge in [-0.15, -0.1) is 0 Å². The molecule has 2 atom stereocenters. The minimum Gasteiger partial charge on any atom is -0.465 e. The van der Waals surface area contributed by atoms with Gasteiger partial charge in [0.1, 0.15) is 0 Å². The molecule has 0 aliphatic carbocycles. The van der Waals surface area contributed by atoms with Crippen LogP contribution < -0.4 is 0 Å². The SMILES string of the molecule is CCOC(=O)C(C#N)C(c1ccccc1C(C)C)c1cccc2ccccc12. The van der Waals surface area contributed by atoms with Gasteiger partial charge in [-0.05, 0) is 40.3 Å². The van der Waals surface area contributed by atoms with Crippen molar-refractivity contribution >= 4 is 16.7 Å². The molecule has 0 saturated carbocycles. The summed E-state index contributed by atoms with van der Waals surface area (Å²) in [4.78, 5) is 12.7. The molecule has 3 aromatic carbocycles. The van der Waals surface area contributed by atoms with Crippen LogP contribution in [0.25, 0.3) is 10.8 Å². The molecule has 0 aromatic heterocycles. The van der Waals surface area contributed by atoms with Crippen LogP contribution in [0, 0.1) is 17.2 Å². The third kappa shape index (κ3) is 3.77. The number of rotatable bonds is 6. The molecule has 142 valence electrons.